The first-order valence-corrected chi connectivity index (χ1v) is 8.35. The number of aryl methyl sites for hydroxylation is 1. The molecule has 8 nitrogen and oxygen atoms in total. The number of rotatable bonds is 7. The van der Waals surface area contributed by atoms with Gasteiger partial charge < -0.3 is 14.8 Å². The van der Waals surface area contributed by atoms with Gasteiger partial charge in [-0.05, 0) is 25.1 Å². The van der Waals surface area contributed by atoms with Crippen LogP contribution in [0.4, 0.5) is 13.2 Å². The van der Waals surface area contributed by atoms with E-state index < -0.39 is 41.3 Å². The Balaban J connectivity index is 2.24. The Kier molecular flexibility index (Phi) is 7.10. The van der Waals surface area contributed by atoms with E-state index in [1.165, 1.54) is 26.2 Å². The van der Waals surface area contributed by atoms with Gasteiger partial charge in [0.05, 0.1) is 17.9 Å². The van der Waals surface area contributed by atoms with Crippen LogP contribution in [0.2, 0.25) is 0 Å². The minimum atomic E-state index is -4.57. The van der Waals surface area contributed by atoms with E-state index in [2.05, 4.69) is 10.4 Å². The van der Waals surface area contributed by atoms with Crippen molar-refractivity contribution in [2.75, 3.05) is 26.9 Å². The lowest BCUT2D eigenvalue weighted by atomic mass is 10.2. The number of amides is 1. The molecule has 0 spiro atoms. The zero-order valence-corrected chi connectivity index (χ0v) is 15.6. The lowest BCUT2D eigenvalue weighted by molar-refractivity contribution is -0.137. The lowest BCUT2D eigenvalue weighted by Crippen LogP contribution is -2.32. The smallest absolute Gasteiger partial charge is 0.416 e. The van der Waals surface area contributed by atoms with Crippen molar-refractivity contribution < 1.29 is 32.2 Å². The van der Waals surface area contributed by atoms with Gasteiger partial charge in [-0.1, -0.05) is 6.07 Å². The van der Waals surface area contributed by atoms with Crippen LogP contribution in [0.15, 0.2) is 35.1 Å². The highest BCUT2D eigenvalue weighted by atomic mass is 19.4. The van der Waals surface area contributed by atoms with Crippen molar-refractivity contribution in [2.45, 2.75) is 13.1 Å². The number of alkyl halides is 3. The average Bonchev–Trinajstić information content (AvgIpc) is 2.66. The summed E-state index contributed by atoms with van der Waals surface area (Å²) in [6.07, 6.45) is -4.57. The van der Waals surface area contributed by atoms with Gasteiger partial charge in [-0.15, -0.1) is 0 Å². The predicted molar refractivity (Wildman–Crippen MR) is 94.7 cm³/mol. The van der Waals surface area contributed by atoms with E-state index in [0.717, 1.165) is 22.9 Å². The van der Waals surface area contributed by atoms with Crippen LogP contribution in [0.5, 0.6) is 0 Å². The van der Waals surface area contributed by atoms with E-state index in [1.807, 2.05) is 0 Å². The van der Waals surface area contributed by atoms with Crippen LogP contribution in [-0.2, 0) is 20.4 Å². The molecule has 0 aliphatic rings. The molecule has 0 aliphatic carbocycles. The number of hydrogen-bond donors (Lipinski definition) is 1. The van der Waals surface area contributed by atoms with Crippen molar-refractivity contribution in [1.82, 2.24) is 15.1 Å². The summed E-state index contributed by atoms with van der Waals surface area (Å²) in [4.78, 5) is 35.8. The molecular weight excluding hydrogens is 395 g/mol. The Hall–Kier alpha value is -3.21. The van der Waals surface area contributed by atoms with Crippen molar-refractivity contribution >= 4 is 11.9 Å². The fourth-order valence-corrected chi connectivity index (χ4v) is 2.31. The molecule has 1 amide bonds. The van der Waals surface area contributed by atoms with Crippen LogP contribution >= 0.6 is 0 Å². The summed E-state index contributed by atoms with van der Waals surface area (Å²) in [5.41, 5.74) is -2.13. The molecule has 0 aliphatic heterocycles. The Morgan fingerprint density at radius 1 is 1.24 bits per heavy atom. The molecular formula is C18H18F3N3O5. The van der Waals surface area contributed by atoms with E-state index in [0.29, 0.717) is 0 Å². The Morgan fingerprint density at radius 2 is 1.97 bits per heavy atom. The first-order valence-electron chi connectivity index (χ1n) is 8.35. The lowest BCUT2D eigenvalue weighted by Gasteiger charge is -2.13. The number of ether oxygens (including phenoxy) is 2. The van der Waals surface area contributed by atoms with Gasteiger partial charge in [-0.2, -0.15) is 18.3 Å². The molecule has 1 heterocycles. The SMILES string of the molecule is COCCNC(=O)COC(=O)c1nn(-c2cccc(C(F)(F)F)c2)c(C)cc1=O. The summed E-state index contributed by atoms with van der Waals surface area (Å²) in [6.45, 7) is 1.27. The zero-order chi connectivity index (χ0) is 21.6. The number of nitrogens with one attached hydrogen (secondary N) is 1. The summed E-state index contributed by atoms with van der Waals surface area (Å²) < 4.78 is 49.4. The molecule has 0 radical (unpaired) electrons. The van der Waals surface area contributed by atoms with Crippen LogP contribution in [0.25, 0.3) is 5.69 Å². The fraction of sp³-hybridized carbons (Fsp3) is 0.333. The van der Waals surface area contributed by atoms with Crippen LogP contribution in [-0.4, -0.2) is 48.5 Å². The summed E-state index contributed by atoms with van der Waals surface area (Å²) in [5, 5.41) is 6.25. The van der Waals surface area contributed by atoms with Crippen LogP contribution < -0.4 is 10.7 Å². The summed E-state index contributed by atoms with van der Waals surface area (Å²) in [6, 6.07) is 5.29. The van der Waals surface area contributed by atoms with Crippen LogP contribution in [0.3, 0.4) is 0 Å². The van der Waals surface area contributed by atoms with Gasteiger partial charge in [0.15, 0.2) is 6.61 Å². The highest BCUT2D eigenvalue weighted by Crippen LogP contribution is 2.30. The highest BCUT2D eigenvalue weighted by Gasteiger charge is 2.30. The molecule has 11 heteroatoms. The third-order valence-electron chi connectivity index (χ3n) is 3.68. The molecule has 1 N–H and O–H groups in total. The van der Waals surface area contributed by atoms with Crippen LogP contribution in [0, 0.1) is 6.92 Å². The van der Waals surface area contributed by atoms with E-state index in [-0.39, 0.29) is 24.5 Å². The number of hydrogen-bond acceptors (Lipinski definition) is 6. The Bertz CT molecular complexity index is 956. The third kappa shape index (κ3) is 5.88. The minimum Gasteiger partial charge on any atom is -0.451 e. The molecule has 2 rings (SSSR count). The second-order valence-corrected chi connectivity index (χ2v) is 5.88. The standard InChI is InChI=1S/C18H18F3N3O5/c1-11-8-14(25)16(17(27)29-10-15(26)22-6-7-28-2)23-24(11)13-5-3-4-12(9-13)18(19,20)21/h3-5,8-9H,6-7,10H2,1-2H3,(H,22,26). The largest absolute Gasteiger partial charge is 0.451 e. The van der Waals surface area contributed by atoms with Gasteiger partial charge in [0.2, 0.25) is 11.1 Å². The van der Waals surface area contributed by atoms with Gasteiger partial charge in [-0.25, -0.2) is 9.48 Å². The molecule has 0 atom stereocenters. The maximum Gasteiger partial charge on any atom is 0.416 e. The van der Waals surface area contributed by atoms with Crippen molar-refractivity contribution in [1.29, 1.82) is 0 Å². The Morgan fingerprint density at radius 3 is 2.62 bits per heavy atom. The fourth-order valence-electron chi connectivity index (χ4n) is 2.31. The van der Waals surface area contributed by atoms with Gasteiger partial charge in [0, 0.05) is 25.4 Å². The molecule has 0 unspecified atom stereocenters. The quantitative estimate of drug-likeness (QED) is 0.545. The van der Waals surface area contributed by atoms with Gasteiger partial charge in [0.1, 0.15) is 0 Å². The Labute approximate surface area is 163 Å². The number of esters is 1. The normalized spacial score (nSPS) is 11.2. The van der Waals surface area contributed by atoms with Crippen molar-refractivity contribution in [2.24, 2.45) is 0 Å². The van der Waals surface area contributed by atoms with Gasteiger partial charge in [0.25, 0.3) is 5.91 Å². The van der Waals surface area contributed by atoms with Crippen molar-refractivity contribution in [3.63, 3.8) is 0 Å². The zero-order valence-electron chi connectivity index (χ0n) is 15.6. The van der Waals surface area contributed by atoms with Crippen molar-refractivity contribution in [3.8, 4) is 5.69 Å². The van der Waals surface area contributed by atoms with Crippen molar-refractivity contribution in [3.05, 3.63) is 57.5 Å². The summed E-state index contributed by atoms with van der Waals surface area (Å²) in [7, 11) is 1.45. The predicted octanol–water partition coefficient (Wildman–Crippen LogP) is 1.48. The summed E-state index contributed by atoms with van der Waals surface area (Å²) >= 11 is 0. The third-order valence-corrected chi connectivity index (χ3v) is 3.68. The number of aromatic nitrogens is 2. The van der Waals surface area contributed by atoms with Gasteiger partial charge >= 0.3 is 12.1 Å². The van der Waals surface area contributed by atoms with E-state index in [1.54, 1.807) is 0 Å². The number of nitrogens with zero attached hydrogens (tertiary/aromatic N) is 2. The number of benzene rings is 1. The maximum atomic E-state index is 12.9. The first kappa shape index (κ1) is 22.1. The number of halogens is 3. The topological polar surface area (TPSA) is 99.5 Å². The molecule has 0 bridgehead atoms. The average molecular weight is 413 g/mol. The number of carbonyl (C=O) groups is 2. The second-order valence-electron chi connectivity index (χ2n) is 5.88. The van der Waals surface area contributed by atoms with Gasteiger partial charge in [-0.3, -0.25) is 9.59 Å². The molecule has 0 saturated heterocycles. The number of carbonyl (C=O) groups excluding carboxylic acids is 2. The summed E-state index contributed by atoms with van der Waals surface area (Å²) in [5.74, 6) is -1.78. The maximum absolute atomic E-state index is 12.9. The number of methoxy groups -OCH3 is 1. The van der Waals surface area contributed by atoms with Crippen LogP contribution in [0.1, 0.15) is 21.7 Å². The molecule has 156 valence electrons. The highest BCUT2D eigenvalue weighted by molar-refractivity contribution is 5.89. The second kappa shape index (κ2) is 9.32. The molecule has 1 aromatic carbocycles. The molecule has 1 aromatic heterocycles. The van der Waals surface area contributed by atoms with E-state index in [9.17, 15) is 27.6 Å². The first-order chi connectivity index (χ1) is 13.6. The molecule has 29 heavy (non-hydrogen) atoms. The van der Waals surface area contributed by atoms with E-state index >= 15 is 0 Å². The molecule has 0 saturated carbocycles. The molecule has 0 fully saturated rings. The van der Waals surface area contributed by atoms with E-state index in [4.69, 9.17) is 9.47 Å². The molecule has 2 aromatic rings. The minimum absolute atomic E-state index is 0.00341. The monoisotopic (exact) mass is 413 g/mol.